The summed E-state index contributed by atoms with van der Waals surface area (Å²) in [6, 6.07) is 9.45. The zero-order valence-electron chi connectivity index (χ0n) is 10.6. The number of alkyl halides is 1. The molecule has 2 aromatic rings. The van der Waals surface area contributed by atoms with Crippen LogP contribution in [-0.2, 0) is 5.33 Å². The first-order chi connectivity index (χ1) is 9.01. The van der Waals surface area contributed by atoms with Crippen molar-refractivity contribution in [1.29, 1.82) is 0 Å². The molecular weight excluding hydrogens is 347 g/mol. The fourth-order valence-electron chi connectivity index (χ4n) is 1.84. The molecule has 1 nitrogen and oxygen atoms in total. The third-order valence-electron chi connectivity index (χ3n) is 2.80. The molecule has 0 radical (unpaired) electrons. The minimum absolute atomic E-state index is 0.689. The Morgan fingerprint density at radius 2 is 1.68 bits per heavy atom. The minimum atomic E-state index is 0.689. The van der Waals surface area contributed by atoms with Crippen molar-refractivity contribution in [3.63, 3.8) is 0 Å². The Bertz CT molecular complexity index is 588. The Balaban J connectivity index is 2.36. The molecule has 0 spiro atoms. The second-order valence-corrected chi connectivity index (χ2v) is 5.73. The van der Waals surface area contributed by atoms with Crippen molar-refractivity contribution in [1.82, 2.24) is 0 Å². The molecule has 0 aliphatic heterocycles. The molecule has 0 amide bonds. The van der Waals surface area contributed by atoms with Gasteiger partial charge in [-0.15, -0.1) is 0 Å². The smallest absolute Gasteiger partial charge is 0.131 e. The number of ether oxygens (including phenoxy) is 1. The summed E-state index contributed by atoms with van der Waals surface area (Å²) in [4.78, 5) is 0. The Labute approximate surface area is 131 Å². The first-order valence-corrected chi connectivity index (χ1v) is 7.68. The van der Waals surface area contributed by atoms with Gasteiger partial charge in [-0.2, -0.15) is 0 Å². The van der Waals surface area contributed by atoms with Crippen molar-refractivity contribution in [2.24, 2.45) is 0 Å². The van der Waals surface area contributed by atoms with Gasteiger partial charge in [-0.3, -0.25) is 0 Å². The van der Waals surface area contributed by atoms with E-state index in [2.05, 4.69) is 15.9 Å². The summed E-state index contributed by atoms with van der Waals surface area (Å²) in [5, 5.41) is 2.17. The lowest BCUT2D eigenvalue weighted by Gasteiger charge is -2.12. The highest BCUT2D eigenvalue weighted by molar-refractivity contribution is 9.08. The van der Waals surface area contributed by atoms with Crippen molar-refractivity contribution < 1.29 is 4.74 Å². The van der Waals surface area contributed by atoms with Gasteiger partial charge in [-0.1, -0.05) is 39.1 Å². The van der Waals surface area contributed by atoms with Crippen molar-refractivity contribution in [2.75, 3.05) is 0 Å². The lowest BCUT2D eigenvalue weighted by molar-refractivity contribution is 0.478. The van der Waals surface area contributed by atoms with Crippen LogP contribution in [-0.4, -0.2) is 0 Å². The predicted molar refractivity (Wildman–Crippen MR) is 85.1 cm³/mol. The van der Waals surface area contributed by atoms with Gasteiger partial charge < -0.3 is 4.74 Å². The van der Waals surface area contributed by atoms with Gasteiger partial charge >= 0.3 is 0 Å². The summed E-state index contributed by atoms with van der Waals surface area (Å²) in [7, 11) is 0. The Kier molecular flexibility index (Phi) is 4.77. The molecular formula is C15H13BrCl2O. The van der Waals surface area contributed by atoms with Crippen LogP contribution < -0.4 is 4.74 Å². The largest absolute Gasteiger partial charge is 0.457 e. The third kappa shape index (κ3) is 3.44. The molecule has 0 heterocycles. The van der Waals surface area contributed by atoms with Gasteiger partial charge in [0, 0.05) is 20.9 Å². The molecule has 0 N–H and O–H groups in total. The van der Waals surface area contributed by atoms with E-state index >= 15 is 0 Å². The van der Waals surface area contributed by atoms with E-state index in [1.165, 1.54) is 0 Å². The topological polar surface area (TPSA) is 9.23 Å². The molecule has 100 valence electrons. The minimum Gasteiger partial charge on any atom is -0.457 e. The zero-order chi connectivity index (χ0) is 14.0. The highest BCUT2D eigenvalue weighted by atomic mass is 79.9. The van der Waals surface area contributed by atoms with Gasteiger partial charge in [0.05, 0.1) is 0 Å². The molecule has 0 aliphatic rings. The van der Waals surface area contributed by atoms with Gasteiger partial charge in [0.1, 0.15) is 11.5 Å². The van der Waals surface area contributed by atoms with Crippen LogP contribution in [0.4, 0.5) is 0 Å². The number of aryl methyl sites for hydroxylation is 2. The Morgan fingerprint density at radius 1 is 1.05 bits per heavy atom. The van der Waals surface area contributed by atoms with Gasteiger partial charge in [0.25, 0.3) is 0 Å². The normalized spacial score (nSPS) is 10.6. The lowest BCUT2D eigenvalue weighted by atomic mass is 10.1. The summed E-state index contributed by atoms with van der Waals surface area (Å²) >= 11 is 15.6. The van der Waals surface area contributed by atoms with E-state index in [4.69, 9.17) is 27.9 Å². The predicted octanol–water partition coefficient (Wildman–Crippen LogP) is 6.30. The molecule has 0 saturated heterocycles. The SMILES string of the molecule is Cc1cc(Oc2ccc(Cl)cc2CBr)cc(C)c1Cl. The maximum absolute atomic E-state index is 6.15. The van der Waals surface area contributed by atoms with Crippen LogP contribution in [0.5, 0.6) is 11.5 Å². The molecule has 2 aromatic carbocycles. The number of rotatable bonds is 3. The average molecular weight is 360 g/mol. The average Bonchev–Trinajstić information content (AvgIpc) is 2.38. The standard InChI is InChI=1S/C15H13BrCl2O/c1-9-5-13(6-10(2)15(9)18)19-14-4-3-12(17)7-11(14)8-16/h3-7H,8H2,1-2H3. The van der Waals surface area contributed by atoms with E-state index in [0.717, 1.165) is 33.2 Å². The van der Waals surface area contributed by atoms with E-state index < -0.39 is 0 Å². The maximum Gasteiger partial charge on any atom is 0.131 e. The molecule has 0 unspecified atom stereocenters. The fraction of sp³-hybridized carbons (Fsp3) is 0.200. The van der Waals surface area contributed by atoms with E-state index in [9.17, 15) is 0 Å². The first kappa shape index (κ1) is 14.7. The van der Waals surface area contributed by atoms with Crippen LogP contribution in [0.2, 0.25) is 10.0 Å². The molecule has 0 saturated carbocycles. The molecule has 0 fully saturated rings. The van der Waals surface area contributed by atoms with E-state index in [1.54, 1.807) is 0 Å². The van der Waals surface area contributed by atoms with E-state index in [-0.39, 0.29) is 0 Å². The van der Waals surface area contributed by atoms with Crippen molar-refractivity contribution in [2.45, 2.75) is 19.2 Å². The summed E-state index contributed by atoms with van der Waals surface area (Å²) in [6.07, 6.45) is 0. The molecule has 0 aromatic heterocycles. The highest BCUT2D eigenvalue weighted by Gasteiger charge is 2.08. The second-order valence-electron chi connectivity index (χ2n) is 4.36. The van der Waals surface area contributed by atoms with Crippen LogP contribution in [0.1, 0.15) is 16.7 Å². The fourth-order valence-corrected chi connectivity index (χ4v) is 2.59. The van der Waals surface area contributed by atoms with Crippen molar-refractivity contribution in [3.8, 4) is 11.5 Å². The van der Waals surface area contributed by atoms with Gasteiger partial charge in [0.15, 0.2) is 0 Å². The van der Waals surface area contributed by atoms with Crippen molar-refractivity contribution in [3.05, 3.63) is 57.1 Å². The first-order valence-electron chi connectivity index (χ1n) is 5.80. The summed E-state index contributed by atoms with van der Waals surface area (Å²) in [6.45, 7) is 3.94. The summed E-state index contributed by atoms with van der Waals surface area (Å²) < 4.78 is 5.92. The molecule has 19 heavy (non-hydrogen) atoms. The second kappa shape index (κ2) is 6.17. The molecule has 0 aliphatic carbocycles. The number of halogens is 3. The van der Waals surface area contributed by atoms with E-state index in [1.807, 2.05) is 44.2 Å². The van der Waals surface area contributed by atoms with Crippen LogP contribution in [0.25, 0.3) is 0 Å². The molecule has 0 atom stereocenters. The molecule has 4 heteroatoms. The molecule has 0 bridgehead atoms. The highest BCUT2D eigenvalue weighted by Crippen LogP contribution is 2.32. The van der Waals surface area contributed by atoms with Crippen LogP contribution in [0.15, 0.2) is 30.3 Å². The van der Waals surface area contributed by atoms with Gasteiger partial charge in [-0.05, 0) is 55.3 Å². The van der Waals surface area contributed by atoms with Crippen LogP contribution in [0, 0.1) is 13.8 Å². The monoisotopic (exact) mass is 358 g/mol. The summed E-state index contributed by atoms with van der Waals surface area (Å²) in [5.41, 5.74) is 3.02. The number of hydrogen-bond donors (Lipinski definition) is 0. The van der Waals surface area contributed by atoms with Crippen molar-refractivity contribution >= 4 is 39.1 Å². The summed E-state index contributed by atoms with van der Waals surface area (Å²) in [5.74, 6) is 1.58. The Morgan fingerprint density at radius 3 is 2.26 bits per heavy atom. The van der Waals surface area contributed by atoms with Gasteiger partial charge in [0.2, 0.25) is 0 Å². The number of benzene rings is 2. The quantitative estimate of drug-likeness (QED) is 0.584. The third-order valence-corrected chi connectivity index (χ3v) is 4.24. The zero-order valence-corrected chi connectivity index (χ0v) is 13.7. The Hall–Kier alpha value is -0.700. The maximum atomic E-state index is 6.15. The van der Waals surface area contributed by atoms with E-state index in [0.29, 0.717) is 10.4 Å². The van der Waals surface area contributed by atoms with Gasteiger partial charge in [-0.25, -0.2) is 0 Å². The number of hydrogen-bond acceptors (Lipinski definition) is 1. The lowest BCUT2D eigenvalue weighted by Crippen LogP contribution is -1.91. The van der Waals surface area contributed by atoms with Crippen LogP contribution in [0.3, 0.4) is 0 Å². The molecule has 2 rings (SSSR count). The van der Waals surface area contributed by atoms with Crippen LogP contribution >= 0.6 is 39.1 Å².